The molecule has 0 aromatic heterocycles. The molecule has 1 N–H and O–H groups in total. The van der Waals surface area contributed by atoms with Gasteiger partial charge in [-0.2, -0.15) is 0 Å². The first-order valence-electron chi connectivity index (χ1n) is 6.54. The van der Waals surface area contributed by atoms with Crippen LogP contribution >= 0.6 is 0 Å². The molecular formula is C17H13NO3. The van der Waals surface area contributed by atoms with Crippen LogP contribution in [0.15, 0.2) is 54.8 Å². The fourth-order valence-electron chi connectivity index (χ4n) is 2.13. The number of hydrogen-bond acceptors (Lipinski definition) is 3. The molecule has 1 amide bonds. The topological polar surface area (TPSA) is 55.4 Å². The van der Waals surface area contributed by atoms with Crippen LogP contribution in [0.3, 0.4) is 0 Å². The predicted octanol–water partition coefficient (Wildman–Crippen LogP) is 3.01. The monoisotopic (exact) mass is 279 g/mol. The van der Waals surface area contributed by atoms with Gasteiger partial charge in [0, 0.05) is 11.1 Å². The summed E-state index contributed by atoms with van der Waals surface area (Å²) < 4.78 is 5.56. The average Bonchev–Trinajstić information content (AvgIpc) is 2.67. The van der Waals surface area contributed by atoms with Gasteiger partial charge in [-0.1, -0.05) is 30.3 Å². The van der Waals surface area contributed by atoms with Gasteiger partial charge in [0.05, 0.1) is 11.3 Å². The number of ketones is 1. The minimum atomic E-state index is -0.291. The third kappa shape index (κ3) is 2.56. The molecule has 104 valence electrons. The van der Waals surface area contributed by atoms with E-state index in [1.165, 1.54) is 13.2 Å². The molecule has 0 fully saturated rings. The molecule has 0 bridgehead atoms. The lowest BCUT2D eigenvalue weighted by molar-refractivity contribution is 0.0973. The largest absolute Gasteiger partial charge is 0.462 e. The Morgan fingerprint density at radius 1 is 1.10 bits per heavy atom. The van der Waals surface area contributed by atoms with Crippen LogP contribution in [0, 0.1) is 0 Å². The SMILES string of the molecule is CC(=O)c1ccc2c(c1)C(=O)NC(c1ccccc1)=CO2. The lowest BCUT2D eigenvalue weighted by Gasteiger charge is -2.07. The van der Waals surface area contributed by atoms with Crippen molar-refractivity contribution in [1.82, 2.24) is 5.32 Å². The molecule has 0 aliphatic carbocycles. The number of amides is 1. The molecule has 4 heteroatoms. The molecule has 0 saturated heterocycles. The van der Waals surface area contributed by atoms with Gasteiger partial charge in [-0.05, 0) is 25.1 Å². The maximum atomic E-state index is 12.3. The first-order chi connectivity index (χ1) is 10.1. The van der Waals surface area contributed by atoms with Crippen molar-refractivity contribution in [3.63, 3.8) is 0 Å². The van der Waals surface area contributed by atoms with Crippen molar-refractivity contribution >= 4 is 17.4 Å². The van der Waals surface area contributed by atoms with E-state index in [1.54, 1.807) is 18.2 Å². The van der Waals surface area contributed by atoms with E-state index in [-0.39, 0.29) is 11.7 Å². The van der Waals surface area contributed by atoms with Gasteiger partial charge in [0.25, 0.3) is 5.91 Å². The summed E-state index contributed by atoms with van der Waals surface area (Å²) >= 11 is 0. The highest BCUT2D eigenvalue weighted by atomic mass is 16.5. The fourth-order valence-corrected chi connectivity index (χ4v) is 2.13. The van der Waals surface area contributed by atoms with E-state index in [2.05, 4.69) is 5.32 Å². The minimum absolute atomic E-state index is 0.0916. The number of fused-ring (bicyclic) bond motifs is 1. The Labute approximate surface area is 122 Å². The summed E-state index contributed by atoms with van der Waals surface area (Å²) in [5, 5.41) is 2.80. The zero-order valence-corrected chi connectivity index (χ0v) is 11.4. The summed E-state index contributed by atoms with van der Waals surface area (Å²) in [6, 6.07) is 14.3. The van der Waals surface area contributed by atoms with Gasteiger partial charge in [0.1, 0.15) is 12.0 Å². The van der Waals surface area contributed by atoms with E-state index >= 15 is 0 Å². The molecule has 2 aromatic rings. The lowest BCUT2D eigenvalue weighted by Crippen LogP contribution is -2.21. The quantitative estimate of drug-likeness (QED) is 0.860. The maximum absolute atomic E-state index is 12.3. The summed E-state index contributed by atoms with van der Waals surface area (Å²) in [6.45, 7) is 1.46. The van der Waals surface area contributed by atoms with Crippen molar-refractivity contribution in [2.45, 2.75) is 6.92 Å². The second kappa shape index (κ2) is 5.25. The van der Waals surface area contributed by atoms with E-state index in [0.717, 1.165) is 5.56 Å². The molecule has 0 spiro atoms. The smallest absolute Gasteiger partial charge is 0.259 e. The fraction of sp³-hybridized carbons (Fsp3) is 0.0588. The molecule has 3 rings (SSSR count). The van der Waals surface area contributed by atoms with E-state index in [0.29, 0.717) is 22.6 Å². The molecule has 2 aromatic carbocycles. The van der Waals surface area contributed by atoms with Gasteiger partial charge in [-0.15, -0.1) is 0 Å². The number of carbonyl (C=O) groups excluding carboxylic acids is 2. The van der Waals surface area contributed by atoms with Crippen LogP contribution < -0.4 is 10.1 Å². The van der Waals surface area contributed by atoms with Crippen LogP contribution in [-0.2, 0) is 0 Å². The molecule has 4 nitrogen and oxygen atoms in total. The van der Waals surface area contributed by atoms with Crippen LogP contribution in [0.25, 0.3) is 5.70 Å². The summed E-state index contributed by atoms with van der Waals surface area (Å²) in [7, 11) is 0. The van der Waals surface area contributed by atoms with Crippen molar-refractivity contribution < 1.29 is 14.3 Å². The van der Waals surface area contributed by atoms with Crippen LogP contribution in [0.4, 0.5) is 0 Å². The van der Waals surface area contributed by atoms with Crippen LogP contribution in [-0.4, -0.2) is 11.7 Å². The first kappa shape index (κ1) is 13.1. The number of Topliss-reactive ketones (excluding diaryl/α,β-unsaturated/α-hetero) is 1. The summed E-state index contributed by atoms with van der Waals surface area (Å²) in [6.07, 6.45) is 1.51. The van der Waals surface area contributed by atoms with E-state index in [9.17, 15) is 9.59 Å². The Morgan fingerprint density at radius 3 is 2.57 bits per heavy atom. The molecule has 0 radical (unpaired) electrons. The maximum Gasteiger partial charge on any atom is 0.259 e. The second-order valence-corrected chi connectivity index (χ2v) is 4.74. The first-order valence-corrected chi connectivity index (χ1v) is 6.54. The molecule has 0 unspecified atom stereocenters. The highest BCUT2D eigenvalue weighted by Gasteiger charge is 2.19. The van der Waals surface area contributed by atoms with Crippen molar-refractivity contribution in [3.05, 3.63) is 71.5 Å². The zero-order chi connectivity index (χ0) is 14.8. The van der Waals surface area contributed by atoms with Gasteiger partial charge < -0.3 is 10.1 Å². The average molecular weight is 279 g/mol. The van der Waals surface area contributed by atoms with Crippen LogP contribution in [0.5, 0.6) is 5.75 Å². The van der Waals surface area contributed by atoms with Crippen LogP contribution in [0.1, 0.15) is 33.2 Å². The predicted molar refractivity (Wildman–Crippen MR) is 79.0 cm³/mol. The third-order valence-corrected chi connectivity index (χ3v) is 3.27. The number of carbonyl (C=O) groups is 2. The molecule has 0 atom stereocenters. The van der Waals surface area contributed by atoms with Gasteiger partial charge >= 0.3 is 0 Å². The Morgan fingerprint density at radius 2 is 1.86 bits per heavy atom. The second-order valence-electron chi connectivity index (χ2n) is 4.74. The summed E-state index contributed by atoms with van der Waals surface area (Å²) in [4.78, 5) is 23.7. The van der Waals surface area contributed by atoms with Crippen molar-refractivity contribution in [2.24, 2.45) is 0 Å². The molecule has 1 aliphatic rings. The van der Waals surface area contributed by atoms with Crippen LogP contribution in [0.2, 0.25) is 0 Å². The zero-order valence-electron chi connectivity index (χ0n) is 11.4. The van der Waals surface area contributed by atoms with Crippen molar-refractivity contribution in [1.29, 1.82) is 0 Å². The standard InChI is InChI=1S/C17H13NO3/c1-11(19)13-7-8-16-14(9-13)17(20)18-15(10-21-16)12-5-3-2-4-6-12/h2-10H,1H3,(H,18,20). The highest BCUT2D eigenvalue weighted by molar-refractivity contribution is 6.05. The van der Waals surface area contributed by atoms with Gasteiger partial charge in [0.2, 0.25) is 0 Å². The Hall–Kier alpha value is -2.88. The molecule has 1 aliphatic heterocycles. The molecule has 21 heavy (non-hydrogen) atoms. The third-order valence-electron chi connectivity index (χ3n) is 3.27. The van der Waals surface area contributed by atoms with Crippen molar-refractivity contribution in [2.75, 3.05) is 0 Å². The summed E-state index contributed by atoms with van der Waals surface area (Å²) in [5.41, 5.74) is 2.27. The molecule has 0 saturated carbocycles. The summed E-state index contributed by atoms with van der Waals surface area (Å²) in [5.74, 6) is 0.0511. The van der Waals surface area contributed by atoms with E-state index in [4.69, 9.17) is 4.74 Å². The number of rotatable bonds is 2. The lowest BCUT2D eigenvalue weighted by atomic mass is 10.1. The van der Waals surface area contributed by atoms with E-state index < -0.39 is 0 Å². The van der Waals surface area contributed by atoms with Gasteiger partial charge in [-0.3, -0.25) is 9.59 Å². The normalized spacial score (nSPS) is 13.4. The Balaban J connectivity index is 1.98. The van der Waals surface area contributed by atoms with Gasteiger partial charge in [-0.25, -0.2) is 0 Å². The number of benzene rings is 2. The van der Waals surface area contributed by atoms with Gasteiger partial charge in [0.15, 0.2) is 5.78 Å². The number of nitrogens with one attached hydrogen (secondary N) is 1. The van der Waals surface area contributed by atoms with E-state index in [1.807, 2.05) is 30.3 Å². The Kier molecular flexibility index (Phi) is 3.28. The molecule has 1 heterocycles. The Bertz CT molecular complexity index is 748. The number of hydrogen-bond donors (Lipinski definition) is 1. The van der Waals surface area contributed by atoms with Crippen molar-refractivity contribution in [3.8, 4) is 5.75 Å². The molecular weight excluding hydrogens is 266 g/mol. The minimum Gasteiger partial charge on any atom is -0.462 e. The highest BCUT2D eigenvalue weighted by Crippen LogP contribution is 2.25. The number of ether oxygens (including phenoxy) is 1.